The number of carbonyl (C=O) groups excluding carboxylic acids is 1. The van der Waals surface area contributed by atoms with Gasteiger partial charge in [0.25, 0.3) is 0 Å². The van der Waals surface area contributed by atoms with E-state index in [-0.39, 0.29) is 18.5 Å². The van der Waals surface area contributed by atoms with Crippen LogP contribution in [-0.4, -0.2) is 47.1 Å². The van der Waals surface area contributed by atoms with Crippen molar-refractivity contribution in [3.05, 3.63) is 0 Å². The standard InChI is InChI=1S/C11H18N6O2/c1-3-12-9-15-10(17-11(16-9)19-2)13-6-8(18)14-7-4-5-7/h7H,3-6H2,1-2H3,(H,14,18)(H2,12,13,15,16,17). The van der Waals surface area contributed by atoms with E-state index in [1.54, 1.807) is 0 Å². The van der Waals surface area contributed by atoms with Crippen molar-refractivity contribution < 1.29 is 9.53 Å². The van der Waals surface area contributed by atoms with Gasteiger partial charge in [0.15, 0.2) is 0 Å². The van der Waals surface area contributed by atoms with Crippen molar-refractivity contribution in [3.63, 3.8) is 0 Å². The summed E-state index contributed by atoms with van der Waals surface area (Å²) in [5.74, 6) is 0.667. The highest BCUT2D eigenvalue weighted by atomic mass is 16.5. The van der Waals surface area contributed by atoms with Crippen molar-refractivity contribution in [2.45, 2.75) is 25.8 Å². The summed E-state index contributed by atoms with van der Waals surface area (Å²) in [5.41, 5.74) is 0. The molecule has 0 spiro atoms. The molecule has 0 aliphatic heterocycles. The fourth-order valence-corrected chi connectivity index (χ4v) is 1.43. The van der Waals surface area contributed by atoms with Crippen LogP contribution in [0.15, 0.2) is 0 Å². The number of hydrogen-bond acceptors (Lipinski definition) is 7. The van der Waals surface area contributed by atoms with Crippen LogP contribution in [0.5, 0.6) is 6.01 Å². The van der Waals surface area contributed by atoms with Gasteiger partial charge in [0.2, 0.25) is 17.8 Å². The molecule has 0 atom stereocenters. The average molecular weight is 266 g/mol. The van der Waals surface area contributed by atoms with Gasteiger partial charge >= 0.3 is 6.01 Å². The number of amides is 1. The Balaban J connectivity index is 1.93. The molecule has 0 radical (unpaired) electrons. The van der Waals surface area contributed by atoms with Crippen molar-refractivity contribution in [2.24, 2.45) is 0 Å². The Morgan fingerprint density at radius 3 is 2.53 bits per heavy atom. The zero-order valence-corrected chi connectivity index (χ0v) is 11.1. The van der Waals surface area contributed by atoms with E-state index in [0.717, 1.165) is 12.8 Å². The quantitative estimate of drug-likeness (QED) is 0.638. The van der Waals surface area contributed by atoms with Gasteiger partial charge in [-0.3, -0.25) is 4.79 Å². The van der Waals surface area contributed by atoms with Gasteiger partial charge in [0, 0.05) is 12.6 Å². The van der Waals surface area contributed by atoms with Crippen molar-refractivity contribution in [3.8, 4) is 6.01 Å². The van der Waals surface area contributed by atoms with E-state index in [0.29, 0.717) is 24.5 Å². The SMILES string of the molecule is CCNc1nc(NCC(=O)NC2CC2)nc(OC)n1. The highest BCUT2D eigenvalue weighted by molar-refractivity contribution is 5.80. The lowest BCUT2D eigenvalue weighted by atomic mass is 10.5. The maximum absolute atomic E-state index is 11.5. The first-order chi connectivity index (χ1) is 9.21. The summed E-state index contributed by atoms with van der Waals surface area (Å²) in [6, 6.07) is 0.551. The zero-order valence-electron chi connectivity index (χ0n) is 11.1. The summed E-state index contributed by atoms with van der Waals surface area (Å²) in [5, 5.41) is 8.70. The molecule has 1 aliphatic carbocycles. The van der Waals surface area contributed by atoms with Crippen LogP contribution < -0.4 is 20.7 Å². The van der Waals surface area contributed by atoms with Crippen LogP contribution in [0.2, 0.25) is 0 Å². The lowest BCUT2D eigenvalue weighted by molar-refractivity contribution is -0.119. The molecule has 1 aromatic heterocycles. The van der Waals surface area contributed by atoms with E-state index in [9.17, 15) is 4.79 Å². The minimum Gasteiger partial charge on any atom is -0.467 e. The molecule has 0 bridgehead atoms. The summed E-state index contributed by atoms with van der Waals surface area (Å²) < 4.78 is 4.98. The van der Waals surface area contributed by atoms with Crippen LogP contribution in [0.1, 0.15) is 19.8 Å². The first kappa shape index (κ1) is 13.3. The van der Waals surface area contributed by atoms with Gasteiger partial charge < -0.3 is 20.7 Å². The number of anilines is 2. The molecule has 8 heteroatoms. The maximum atomic E-state index is 11.5. The minimum atomic E-state index is -0.0631. The smallest absolute Gasteiger partial charge is 0.322 e. The second-order valence-corrected chi connectivity index (χ2v) is 4.19. The fourth-order valence-electron chi connectivity index (χ4n) is 1.43. The molecule has 1 saturated carbocycles. The Morgan fingerprint density at radius 1 is 1.26 bits per heavy atom. The van der Waals surface area contributed by atoms with Gasteiger partial charge in [-0.2, -0.15) is 15.0 Å². The number of nitrogens with one attached hydrogen (secondary N) is 3. The van der Waals surface area contributed by atoms with Crippen LogP contribution >= 0.6 is 0 Å². The molecule has 2 rings (SSSR count). The van der Waals surface area contributed by atoms with Crippen LogP contribution in [0.3, 0.4) is 0 Å². The number of nitrogens with zero attached hydrogens (tertiary/aromatic N) is 3. The van der Waals surface area contributed by atoms with Crippen molar-refractivity contribution in [1.82, 2.24) is 20.3 Å². The fraction of sp³-hybridized carbons (Fsp3) is 0.636. The van der Waals surface area contributed by atoms with Gasteiger partial charge in [-0.25, -0.2) is 0 Å². The van der Waals surface area contributed by atoms with Gasteiger partial charge in [-0.1, -0.05) is 0 Å². The monoisotopic (exact) mass is 266 g/mol. The van der Waals surface area contributed by atoms with Crippen LogP contribution in [0.4, 0.5) is 11.9 Å². The molecule has 0 saturated heterocycles. The maximum Gasteiger partial charge on any atom is 0.322 e. The Kier molecular flexibility index (Phi) is 4.32. The third kappa shape index (κ3) is 4.23. The molecular weight excluding hydrogens is 248 g/mol. The van der Waals surface area contributed by atoms with Crippen LogP contribution in [-0.2, 0) is 4.79 Å². The molecule has 1 amide bonds. The van der Waals surface area contributed by atoms with Crippen LogP contribution in [0, 0.1) is 0 Å². The summed E-state index contributed by atoms with van der Waals surface area (Å²) >= 11 is 0. The number of ether oxygens (including phenoxy) is 1. The topological polar surface area (TPSA) is 101 Å². The molecule has 8 nitrogen and oxygen atoms in total. The number of rotatable bonds is 7. The molecule has 19 heavy (non-hydrogen) atoms. The molecule has 0 aromatic carbocycles. The van der Waals surface area contributed by atoms with E-state index in [1.807, 2.05) is 6.92 Å². The third-order valence-electron chi connectivity index (χ3n) is 2.48. The molecule has 1 aliphatic rings. The molecule has 104 valence electrons. The minimum absolute atomic E-state index is 0.0631. The summed E-state index contributed by atoms with van der Waals surface area (Å²) in [4.78, 5) is 23.7. The Labute approximate surface area is 111 Å². The average Bonchev–Trinajstić information content (AvgIpc) is 3.20. The van der Waals surface area contributed by atoms with E-state index in [4.69, 9.17) is 4.74 Å². The lowest BCUT2D eigenvalue weighted by Crippen LogP contribution is -2.31. The molecule has 0 unspecified atom stereocenters. The second kappa shape index (κ2) is 6.17. The molecular formula is C11H18N6O2. The lowest BCUT2D eigenvalue weighted by Gasteiger charge is -2.08. The van der Waals surface area contributed by atoms with Gasteiger partial charge in [-0.05, 0) is 19.8 Å². The van der Waals surface area contributed by atoms with E-state index in [2.05, 4.69) is 30.9 Å². The van der Waals surface area contributed by atoms with E-state index in [1.165, 1.54) is 7.11 Å². The summed E-state index contributed by atoms with van der Waals surface area (Å²) in [7, 11) is 1.48. The van der Waals surface area contributed by atoms with Gasteiger partial charge in [-0.15, -0.1) is 0 Å². The van der Waals surface area contributed by atoms with E-state index >= 15 is 0 Å². The Bertz CT molecular complexity index is 449. The largest absolute Gasteiger partial charge is 0.467 e. The van der Waals surface area contributed by atoms with Gasteiger partial charge in [0.1, 0.15) is 0 Å². The van der Waals surface area contributed by atoms with Crippen molar-refractivity contribution in [1.29, 1.82) is 0 Å². The summed E-state index contributed by atoms with van der Waals surface area (Å²) in [6.07, 6.45) is 2.13. The first-order valence-corrected chi connectivity index (χ1v) is 6.28. The zero-order chi connectivity index (χ0) is 13.7. The van der Waals surface area contributed by atoms with Crippen molar-refractivity contribution in [2.75, 3.05) is 30.8 Å². The molecule has 1 aromatic rings. The number of hydrogen-bond donors (Lipinski definition) is 3. The highest BCUT2D eigenvalue weighted by Crippen LogP contribution is 2.18. The summed E-state index contributed by atoms with van der Waals surface area (Å²) in [6.45, 7) is 2.76. The van der Waals surface area contributed by atoms with E-state index < -0.39 is 0 Å². The molecule has 1 heterocycles. The normalized spacial score (nSPS) is 13.8. The number of carbonyl (C=O) groups is 1. The highest BCUT2D eigenvalue weighted by Gasteiger charge is 2.23. The molecule has 3 N–H and O–H groups in total. The number of aromatic nitrogens is 3. The van der Waals surface area contributed by atoms with Crippen LogP contribution in [0.25, 0.3) is 0 Å². The predicted octanol–water partition coefficient (Wildman–Crippen LogP) is 0.00250. The third-order valence-corrected chi connectivity index (χ3v) is 2.48. The van der Waals surface area contributed by atoms with Crippen molar-refractivity contribution >= 4 is 17.8 Å². The van der Waals surface area contributed by atoms with Gasteiger partial charge in [0.05, 0.1) is 13.7 Å². The Hall–Kier alpha value is -2.12. The predicted molar refractivity (Wildman–Crippen MR) is 70.2 cm³/mol. The number of methoxy groups -OCH3 is 1. The second-order valence-electron chi connectivity index (χ2n) is 4.19. The molecule has 1 fully saturated rings. The Morgan fingerprint density at radius 2 is 1.95 bits per heavy atom. The first-order valence-electron chi connectivity index (χ1n) is 6.28.